The van der Waals surface area contributed by atoms with Gasteiger partial charge in [0.05, 0.1) is 0 Å². The molecule has 100 valence electrons. The molecule has 0 radical (unpaired) electrons. The zero-order valence-corrected chi connectivity index (χ0v) is 12.3. The molecule has 1 aromatic carbocycles. The molecule has 1 heterocycles. The average Bonchev–Trinajstić information content (AvgIpc) is 2.36. The maximum Gasteiger partial charge on any atom is 0.130 e. The summed E-state index contributed by atoms with van der Waals surface area (Å²) in [7, 11) is 0. The predicted octanol–water partition coefficient (Wildman–Crippen LogP) is 4.66. The van der Waals surface area contributed by atoms with Gasteiger partial charge in [-0.1, -0.05) is 22.0 Å². The number of benzene rings is 1. The van der Waals surface area contributed by atoms with Gasteiger partial charge in [-0.2, -0.15) is 0 Å². The largest absolute Gasteiger partial charge is 0.261 e. The van der Waals surface area contributed by atoms with Gasteiger partial charge in [0.1, 0.15) is 11.6 Å². The second-order valence-corrected chi connectivity index (χ2v) is 5.67. The van der Waals surface area contributed by atoms with Crippen LogP contribution >= 0.6 is 15.9 Å². The highest BCUT2D eigenvalue weighted by molar-refractivity contribution is 9.09. The molecule has 0 fully saturated rings. The fourth-order valence-electron chi connectivity index (χ4n) is 1.93. The lowest BCUT2D eigenvalue weighted by Gasteiger charge is -2.13. The van der Waals surface area contributed by atoms with Crippen molar-refractivity contribution in [2.45, 2.75) is 25.1 Å². The molecule has 0 aliphatic heterocycles. The summed E-state index contributed by atoms with van der Waals surface area (Å²) in [4.78, 5) is 4.07. The van der Waals surface area contributed by atoms with Crippen LogP contribution in [0, 0.1) is 25.5 Å². The minimum absolute atomic E-state index is 0.222. The van der Waals surface area contributed by atoms with Gasteiger partial charge >= 0.3 is 0 Å². The Hall–Kier alpha value is -1.29. The third-order valence-electron chi connectivity index (χ3n) is 3.11. The van der Waals surface area contributed by atoms with E-state index in [1.165, 1.54) is 0 Å². The van der Waals surface area contributed by atoms with E-state index in [1.54, 1.807) is 19.2 Å². The van der Waals surface area contributed by atoms with Gasteiger partial charge in [-0.25, -0.2) is 8.78 Å². The maximum atomic E-state index is 13.8. The molecule has 0 aliphatic rings. The molecule has 19 heavy (non-hydrogen) atoms. The third-order valence-corrected chi connectivity index (χ3v) is 3.92. The van der Waals surface area contributed by atoms with Crippen LogP contribution in [-0.2, 0) is 6.42 Å². The number of halogens is 3. The molecule has 0 saturated heterocycles. The van der Waals surface area contributed by atoms with Gasteiger partial charge in [-0.3, -0.25) is 4.98 Å². The first kappa shape index (κ1) is 14.1. The first-order chi connectivity index (χ1) is 8.99. The molecular weight excluding hydrogens is 312 g/mol. The molecule has 1 nitrogen and oxygen atoms in total. The summed E-state index contributed by atoms with van der Waals surface area (Å²) < 4.78 is 27.0. The van der Waals surface area contributed by atoms with Gasteiger partial charge in [0.2, 0.25) is 0 Å². The minimum Gasteiger partial charge on any atom is -0.261 e. The van der Waals surface area contributed by atoms with Crippen molar-refractivity contribution in [3.8, 4) is 0 Å². The molecule has 2 aromatic rings. The molecule has 0 N–H and O–H groups in total. The van der Waals surface area contributed by atoms with Crippen molar-refractivity contribution in [3.05, 3.63) is 64.5 Å². The van der Waals surface area contributed by atoms with E-state index in [9.17, 15) is 8.78 Å². The van der Waals surface area contributed by atoms with E-state index in [-0.39, 0.29) is 4.83 Å². The van der Waals surface area contributed by atoms with Crippen molar-refractivity contribution >= 4 is 15.9 Å². The highest BCUT2D eigenvalue weighted by Gasteiger charge is 2.17. The molecule has 0 bridgehead atoms. The molecule has 0 saturated carbocycles. The summed E-state index contributed by atoms with van der Waals surface area (Å²) in [6.07, 6.45) is 2.28. The number of alkyl halides is 1. The summed E-state index contributed by atoms with van der Waals surface area (Å²) in [6.45, 7) is 3.60. The van der Waals surface area contributed by atoms with Crippen molar-refractivity contribution in [2.24, 2.45) is 0 Å². The first-order valence-corrected chi connectivity index (χ1v) is 6.90. The predicted molar refractivity (Wildman–Crippen MR) is 75.4 cm³/mol. The number of aryl methyl sites for hydroxylation is 2. The Labute approximate surface area is 119 Å². The molecule has 2 rings (SSSR count). The van der Waals surface area contributed by atoms with E-state index in [2.05, 4.69) is 20.9 Å². The fourth-order valence-corrected chi connectivity index (χ4v) is 2.59. The number of rotatable bonds is 3. The molecular formula is C15H14BrF2N. The topological polar surface area (TPSA) is 12.9 Å². The van der Waals surface area contributed by atoms with E-state index in [0.717, 1.165) is 17.3 Å². The SMILES string of the molecule is Cc1cc(C(Br)Cc2ncccc2C)c(F)cc1F. The second kappa shape index (κ2) is 5.78. The van der Waals surface area contributed by atoms with E-state index in [0.29, 0.717) is 17.5 Å². The van der Waals surface area contributed by atoms with Crippen LogP contribution in [0.4, 0.5) is 8.78 Å². The Bertz CT molecular complexity index is 599. The lowest BCUT2D eigenvalue weighted by molar-refractivity contribution is 0.565. The molecule has 1 aromatic heterocycles. The van der Waals surface area contributed by atoms with E-state index < -0.39 is 11.6 Å². The van der Waals surface area contributed by atoms with Crippen LogP contribution in [0.3, 0.4) is 0 Å². The average molecular weight is 326 g/mol. The number of hydrogen-bond donors (Lipinski definition) is 0. The van der Waals surface area contributed by atoms with Gasteiger partial charge in [-0.05, 0) is 37.1 Å². The molecule has 0 aliphatic carbocycles. The highest BCUT2D eigenvalue weighted by atomic mass is 79.9. The number of aromatic nitrogens is 1. The standard InChI is InChI=1S/C15H14BrF2N/c1-9-4-3-5-19-15(9)7-12(16)11-6-10(2)13(17)8-14(11)18/h3-6,8,12H,7H2,1-2H3. The number of nitrogens with zero attached hydrogens (tertiary/aromatic N) is 1. The maximum absolute atomic E-state index is 13.8. The lowest BCUT2D eigenvalue weighted by Crippen LogP contribution is -2.03. The van der Waals surface area contributed by atoms with Crippen LogP contribution in [-0.4, -0.2) is 4.98 Å². The minimum atomic E-state index is -0.529. The van der Waals surface area contributed by atoms with Crippen molar-refractivity contribution in [3.63, 3.8) is 0 Å². The highest BCUT2D eigenvalue weighted by Crippen LogP contribution is 2.30. The summed E-state index contributed by atoms with van der Waals surface area (Å²) in [5.41, 5.74) is 2.87. The van der Waals surface area contributed by atoms with Gasteiger partial charge in [0, 0.05) is 34.8 Å². The van der Waals surface area contributed by atoms with Crippen LogP contribution in [0.15, 0.2) is 30.5 Å². The Morgan fingerprint density at radius 1 is 1.16 bits per heavy atom. The van der Waals surface area contributed by atoms with Crippen molar-refractivity contribution in [1.82, 2.24) is 4.98 Å². The van der Waals surface area contributed by atoms with Crippen LogP contribution in [0.5, 0.6) is 0 Å². The van der Waals surface area contributed by atoms with E-state index in [1.807, 2.05) is 19.1 Å². The molecule has 4 heteroatoms. The summed E-state index contributed by atoms with van der Waals surface area (Å²) in [5, 5.41) is 0. The van der Waals surface area contributed by atoms with Crippen molar-refractivity contribution < 1.29 is 8.78 Å². The normalized spacial score (nSPS) is 12.5. The number of pyridine rings is 1. The fraction of sp³-hybridized carbons (Fsp3) is 0.267. The van der Waals surface area contributed by atoms with Gasteiger partial charge in [0.15, 0.2) is 0 Å². The van der Waals surface area contributed by atoms with Crippen LogP contribution in [0.2, 0.25) is 0 Å². The Morgan fingerprint density at radius 2 is 1.89 bits per heavy atom. The van der Waals surface area contributed by atoms with Gasteiger partial charge in [0.25, 0.3) is 0 Å². The Balaban J connectivity index is 2.28. The second-order valence-electron chi connectivity index (χ2n) is 4.56. The molecule has 0 amide bonds. The molecule has 0 spiro atoms. The van der Waals surface area contributed by atoms with Crippen LogP contribution in [0.1, 0.15) is 27.2 Å². The smallest absolute Gasteiger partial charge is 0.130 e. The summed E-state index contributed by atoms with van der Waals surface area (Å²) in [6, 6.07) is 6.31. The van der Waals surface area contributed by atoms with Gasteiger partial charge < -0.3 is 0 Å². The molecule has 1 unspecified atom stereocenters. The van der Waals surface area contributed by atoms with E-state index >= 15 is 0 Å². The van der Waals surface area contributed by atoms with Crippen LogP contribution in [0.25, 0.3) is 0 Å². The quantitative estimate of drug-likeness (QED) is 0.748. The monoisotopic (exact) mass is 325 g/mol. The third kappa shape index (κ3) is 3.18. The number of hydrogen-bond acceptors (Lipinski definition) is 1. The Kier molecular flexibility index (Phi) is 4.30. The Morgan fingerprint density at radius 3 is 2.58 bits per heavy atom. The van der Waals surface area contributed by atoms with Crippen molar-refractivity contribution in [1.29, 1.82) is 0 Å². The molecule has 1 atom stereocenters. The first-order valence-electron chi connectivity index (χ1n) is 5.99. The van der Waals surface area contributed by atoms with Gasteiger partial charge in [-0.15, -0.1) is 0 Å². The zero-order valence-electron chi connectivity index (χ0n) is 10.8. The van der Waals surface area contributed by atoms with Crippen LogP contribution < -0.4 is 0 Å². The summed E-state index contributed by atoms with van der Waals surface area (Å²) >= 11 is 3.46. The summed E-state index contributed by atoms with van der Waals surface area (Å²) in [5.74, 6) is -1.05. The van der Waals surface area contributed by atoms with Crippen molar-refractivity contribution in [2.75, 3.05) is 0 Å². The lowest BCUT2D eigenvalue weighted by atomic mass is 10.0. The zero-order chi connectivity index (χ0) is 14.0. The van der Waals surface area contributed by atoms with E-state index in [4.69, 9.17) is 0 Å².